The second-order valence-electron chi connectivity index (χ2n) is 25.3. The van der Waals surface area contributed by atoms with Crippen LogP contribution < -0.4 is 0 Å². The van der Waals surface area contributed by atoms with E-state index in [1.165, 1.54) is 135 Å². The van der Waals surface area contributed by atoms with Crippen molar-refractivity contribution in [3.8, 4) is 0 Å². The molecule has 2 nitrogen and oxygen atoms in total. The molecule has 0 saturated heterocycles. The van der Waals surface area contributed by atoms with Crippen molar-refractivity contribution in [3.05, 3.63) is 0 Å². The van der Waals surface area contributed by atoms with Gasteiger partial charge >= 0.3 is 0 Å². The molecule has 0 aromatic carbocycles. The van der Waals surface area contributed by atoms with Crippen LogP contribution in [0.2, 0.25) is 0 Å². The third-order valence-electron chi connectivity index (χ3n) is 19.0. The number of nitrogens with zero attached hydrogens (tertiary/aromatic N) is 2. The zero-order chi connectivity index (χ0) is 38.6. The van der Waals surface area contributed by atoms with Crippen molar-refractivity contribution in [2.45, 2.75) is 260 Å². The highest BCUT2D eigenvalue weighted by molar-refractivity contribution is 5.12. The van der Waals surface area contributed by atoms with Crippen LogP contribution in [0.1, 0.15) is 224 Å². The van der Waals surface area contributed by atoms with Crippen molar-refractivity contribution in [3.63, 3.8) is 0 Å². The molecule has 0 amide bonds. The van der Waals surface area contributed by atoms with E-state index < -0.39 is 0 Å². The molecule has 7 aliphatic carbocycles. The Hall–Kier alpha value is -0.0800. The summed E-state index contributed by atoms with van der Waals surface area (Å²) in [4.78, 5) is 6.95. The normalized spacial score (nSPS) is 44.5. The Balaban J connectivity index is 1.28. The van der Waals surface area contributed by atoms with Gasteiger partial charge < -0.3 is 0 Å². The zero-order valence-corrected chi connectivity index (χ0v) is 38.3. The topological polar surface area (TPSA) is 6.48 Å². The van der Waals surface area contributed by atoms with Gasteiger partial charge in [-0.1, -0.05) is 89.0 Å². The van der Waals surface area contributed by atoms with E-state index in [0.29, 0.717) is 16.2 Å². The number of fused-ring (bicyclic) bond motifs is 2. The first-order valence-electron chi connectivity index (χ1n) is 25.1. The molecule has 0 aromatic heterocycles. The maximum Gasteiger partial charge on any atom is 0.0164 e. The van der Waals surface area contributed by atoms with Crippen molar-refractivity contribution in [2.75, 3.05) is 0 Å². The van der Waals surface area contributed by atoms with Crippen LogP contribution in [0.25, 0.3) is 0 Å². The van der Waals surface area contributed by atoms with Crippen molar-refractivity contribution < 1.29 is 0 Å². The fourth-order valence-corrected chi connectivity index (χ4v) is 15.5. The zero-order valence-electron chi connectivity index (χ0n) is 38.3. The molecule has 2 heteroatoms. The first-order chi connectivity index (χ1) is 25.5. The second kappa shape index (κ2) is 16.9. The van der Waals surface area contributed by atoms with Gasteiger partial charge in [0.15, 0.2) is 0 Å². The van der Waals surface area contributed by atoms with Crippen LogP contribution in [0, 0.1) is 69.5 Å². The van der Waals surface area contributed by atoms with E-state index >= 15 is 0 Å². The Morgan fingerprint density at radius 1 is 0.315 bits per heavy atom. The van der Waals surface area contributed by atoms with E-state index in [4.69, 9.17) is 0 Å². The van der Waals surface area contributed by atoms with Crippen LogP contribution in [0.5, 0.6) is 0 Å². The molecule has 7 unspecified atom stereocenters. The van der Waals surface area contributed by atoms with Gasteiger partial charge in [-0.25, -0.2) is 0 Å². The lowest BCUT2D eigenvalue weighted by atomic mass is 9.51. The first-order valence-corrected chi connectivity index (χ1v) is 25.1. The van der Waals surface area contributed by atoms with Gasteiger partial charge in [0.1, 0.15) is 0 Å². The third kappa shape index (κ3) is 9.06. The predicted octanol–water partition coefficient (Wildman–Crippen LogP) is 14.6. The Kier molecular flexibility index (Phi) is 13.1. The Labute approximate surface area is 338 Å². The maximum atomic E-state index is 3.48. The summed E-state index contributed by atoms with van der Waals surface area (Å²) >= 11 is 0. The molecule has 312 valence electrons. The van der Waals surface area contributed by atoms with Crippen LogP contribution in [0.3, 0.4) is 0 Å². The van der Waals surface area contributed by atoms with Crippen LogP contribution in [-0.2, 0) is 0 Å². The fraction of sp³-hybridized carbons (Fsp3) is 1.00. The summed E-state index contributed by atoms with van der Waals surface area (Å²) in [5, 5.41) is 0. The van der Waals surface area contributed by atoms with E-state index in [2.05, 4.69) is 86.0 Å². The molecule has 7 aliphatic rings. The summed E-state index contributed by atoms with van der Waals surface area (Å²) in [6.07, 6.45) is 34.3. The van der Waals surface area contributed by atoms with Gasteiger partial charge in [-0.15, -0.1) is 0 Å². The standard InChI is InChI=1S/C52H94N2/c1-35-16-25-40(26-17-35)53(42-29-20-37(21-30-42)50(3,4)5)48-44-14-12-13-15-45(44)49(47-34-39(52(9,10)11)24-33-46(47)48)54(41-27-18-36(2)19-28-41)43-31-22-38(23-32-43)51(6,7)8/h35-49H,12-34H2,1-11H3. The molecule has 7 atom stereocenters. The molecular formula is C52H94N2. The quantitative estimate of drug-likeness (QED) is 0.267. The van der Waals surface area contributed by atoms with E-state index in [0.717, 1.165) is 89.5 Å². The Morgan fingerprint density at radius 3 is 0.963 bits per heavy atom. The predicted molar refractivity (Wildman–Crippen MR) is 234 cm³/mol. The third-order valence-corrected chi connectivity index (χ3v) is 19.0. The molecule has 0 bridgehead atoms. The van der Waals surface area contributed by atoms with Crippen LogP contribution >= 0.6 is 0 Å². The number of rotatable bonds is 6. The lowest BCUT2D eigenvalue weighted by Crippen LogP contribution is -2.69. The highest BCUT2D eigenvalue weighted by atomic mass is 15.3. The molecule has 54 heavy (non-hydrogen) atoms. The van der Waals surface area contributed by atoms with E-state index in [-0.39, 0.29) is 0 Å². The Bertz CT molecular complexity index is 1150. The molecule has 7 fully saturated rings. The van der Waals surface area contributed by atoms with Gasteiger partial charge in [0.05, 0.1) is 0 Å². The summed E-state index contributed by atoms with van der Waals surface area (Å²) < 4.78 is 0. The van der Waals surface area contributed by atoms with Crippen molar-refractivity contribution >= 4 is 0 Å². The lowest BCUT2D eigenvalue weighted by Gasteiger charge is -2.65. The van der Waals surface area contributed by atoms with Gasteiger partial charge in [0, 0.05) is 36.3 Å². The van der Waals surface area contributed by atoms with Gasteiger partial charge in [0.25, 0.3) is 0 Å². The SMILES string of the molecule is CC1CCC(N(C2CCC(C(C)(C)C)CC2)C2C3CCCCC3C(N(C3CCC(C)CC3)C3CCC(C(C)(C)C)CC3)C3CC(C(C)(C)C)CCC32)CC1. The molecule has 7 saturated carbocycles. The van der Waals surface area contributed by atoms with Gasteiger partial charge in [-0.3, -0.25) is 9.80 Å². The smallest absolute Gasteiger partial charge is 0.0164 e. The van der Waals surface area contributed by atoms with Crippen LogP contribution in [0.15, 0.2) is 0 Å². The highest BCUT2D eigenvalue weighted by Gasteiger charge is 2.59. The molecule has 0 N–H and O–H groups in total. The van der Waals surface area contributed by atoms with Crippen molar-refractivity contribution in [1.82, 2.24) is 9.80 Å². The summed E-state index contributed by atoms with van der Waals surface area (Å²) in [7, 11) is 0. The molecule has 0 aliphatic heterocycles. The summed E-state index contributed by atoms with van der Waals surface area (Å²) in [5.74, 6) is 8.28. The van der Waals surface area contributed by atoms with Crippen molar-refractivity contribution in [1.29, 1.82) is 0 Å². The molecular weight excluding hydrogens is 653 g/mol. The summed E-state index contributed by atoms with van der Waals surface area (Å²) in [6, 6.07) is 5.09. The Morgan fingerprint density at radius 2 is 0.611 bits per heavy atom. The maximum absolute atomic E-state index is 3.48. The average molecular weight is 747 g/mol. The summed E-state index contributed by atoms with van der Waals surface area (Å²) in [6.45, 7) is 28.2. The summed E-state index contributed by atoms with van der Waals surface area (Å²) in [5.41, 5.74) is 1.35. The minimum absolute atomic E-state index is 0.425. The van der Waals surface area contributed by atoms with Gasteiger partial charge in [0.2, 0.25) is 0 Å². The van der Waals surface area contributed by atoms with E-state index in [1.54, 1.807) is 12.8 Å². The minimum atomic E-state index is 0.425. The molecule has 0 radical (unpaired) electrons. The first kappa shape index (κ1) is 42.1. The molecule has 7 rings (SSSR count). The highest BCUT2D eigenvalue weighted by Crippen LogP contribution is 2.59. The van der Waals surface area contributed by atoms with Gasteiger partial charge in [-0.05, 0) is 204 Å². The van der Waals surface area contributed by atoms with Crippen LogP contribution in [0.4, 0.5) is 0 Å². The monoisotopic (exact) mass is 747 g/mol. The second-order valence-corrected chi connectivity index (χ2v) is 25.3. The average Bonchev–Trinajstić information content (AvgIpc) is 3.13. The number of hydrogen-bond donors (Lipinski definition) is 0. The van der Waals surface area contributed by atoms with Crippen molar-refractivity contribution in [2.24, 2.45) is 69.5 Å². The molecule has 0 spiro atoms. The van der Waals surface area contributed by atoms with Gasteiger partial charge in [-0.2, -0.15) is 0 Å². The van der Waals surface area contributed by atoms with Crippen LogP contribution in [-0.4, -0.2) is 46.1 Å². The fourth-order valence-electron chi connectivity index (χ4n) is 15.5. The molecule has 0 aromatic rings. The van der Waals surface area contributed by atoms with E-state index in [1.807, 2.05) is 0 Å². The molecule has 0 heterocycles. The van der Waals surface area contributed by atoms with E-state index in [9.17, 15) is 0 Å². The lowest BCUT2D eigenvalue weighted by molar-refractivity contribution is -0.159. The number of hydrogen-bond acceptors (Lipinski definition) is 2. The largest absolute Gasteiger partial charge is 0.294 e. The minimum Gasteiger partial charge on any atom is -0.294 e.